The molecule has 0 radical (unpaired) electrons. The minimum Gasteiger partial charge on any atom is -0.504 e. The molecule has 1 heterocycles. The van der Waals surface area contributed by atoms with Gasteiger partial charge in [-0.25, -0.2) is 0 Å². The van der Waals surface area contributed by atoms with Crippen molar-refractivity contribution in [2.24, 2.45) is 0 Å². The fourth-order valence-corrected chi connectivity index (χ4v) is 2.19. The molecule has 2 rings (SSSR count). The van der Waals surface area contributed by atoms with Crippen molar-refractivity contribution >= 4 is 0 Å². The Morgan fingerprint density at radius 3 is 2.62 bits per heavy atom. The van der Waals surface area contributed by atoms with E-state index in [1.807, 2.05) is 0 Å². The molecular formula is C14H20O7. The highest BCUT2D eigenvalue weighted by Crippen LogP contribution is 2.25. The third-order valence-corrected chi connectivity index (χ3v) is 3.42. The molecule has 5 N–H and O–H groups in total. The normalized spacial score (nSPS) is 29.5. The molecule has 0 saturated carbocycles. The summed E-state index contributed by atoms with van der Waals surface area (Å²) >= 11 is 0. The van der Waals surface area contributed by atoms with Crippen LogP contribution in [0, 0.1) is 0 Å². The van der Waals surface area contributed by atoms with Gasteiger partial charge in [-0.2, -0.15) is 0 Å². The summed E-state index contributed by atoms with van der Waals surface area (Å²) in [5, 5.41) is 47.1. The van der Waals surface area contributed by atoms with Crippen LogP contribution < -0.4 is 0 Å². The van der Waals surface area contributed by atoms with Crippen molar-refractivity contribution < 1.29 is 35.0 Å². The summed E-state index contributed by atoms with van der Waals surface area (Å²) in [6.45, 7) is -0.0632. The first kappa shape index (κ1) is 16.0. The largest absolute Gasteiger partial charge is 0.504 e. The van der Waals surface area contributed by atoms with Gasteiger partial charge >= 0.3 is 0 Å². The molecule has 0 aliphatic carbocycles. The van der Waals surface area contributed by atoms with Crippen molar-refractivity contribution in [3.63, 3.8) is 0 Å². The Balaban J connectivity index is 1.85. The number of aromatic hydroxyl groups is 2. The van der Waals surface area contributed by atoms with E-state index in [0.717, 1.165) is 5.56 Å². The summed E-state index contributed by atoms with van der Waals surface area (Å²) in [6.07, 6.45) is -3.15. The number of rotatable bonds is 5. The van der Waals surface area contributed by atoms with E-state index in [-0.39, 0.29) is 31.1 Å². The van der Waals surface area contributed by atoms with E-state index in [4.69, 9.17) is 14.6 Å². The number of phenols is 2. The Kier molecular flexibility index (Phi) is 5.38. The van der Waals surface area contributed by atoms with Crippen LogP contribution in [0.1, 0.15) is 12.0 Å². The molecule has 7 nitrogen and oxygen atoms in total. The van der Waals surface area contributed by atoms with Gasteiger partial charge in [-0.1, -0.05) is 6.07 Å². The van der Waals surface area contributed by atoms with Crippen LogP contribution in [0.25, 0.3) is 0 Å². The maximum absolute atomic E-state index is 9.77. The molecule has 1 aromatic carbocycles. The van der Waals surface area contributed by atoms with Gasteiger partial charge in [0, 0.05) is 6.42 Å². The molecular weight excluding hydrogens is 280 g/mol. The highest BCUT2D eigenvalue weighted by Gasteiger charge is 2.37. The lowest BCUT2D eigenvalue weighted by Gasteiger charge is -2.36. The fraction of sp³-hybridized carbons (Fsp3) is 0.571. The molecule has 4 atom stereocenters. The van der Waals surface area contributed by atoms with Crippen LogP contribution in [0.2, 0.25) is 0 Å². The van der Waals surface area contributed by atoms with Gasteiger partial charge in [0.15, 0.2) is 17.8 Å². The number of benzene rings is 1. The molecule has 1 saturated heterocycles. The minimum atomic E-state index is -1.17. The Morgan fingerprint density at radius 2 is 1.95 bits per heavy atom. The second kappa shape index (κ2) is 7.06. The molecule has 0 unspecified atom stereocenters. The van der Waals surface area contributed by atoms with E-state index in [1.165, 1.54) is 12.1 Å². The van der Waals surface area contributed by atoms with Crippen LogP contribution in [0.5, 0.6) is 11.5 Å². The van der Waals surface area contributed by atoms with Gasteiger partial charge in [0.05, 0.1) is 25.4 Å². The first-order valence-corrected chi connectivity index (χ1v) is 6.76. The van der Waals surface area contributed by atoms with Gasteiger partial charge < -0.3 is 35.0 Å². The Morgan fingerprint density at radius 1 is 1.19 bits per heavy atom. The van der Waals surface area contributed by atoms with Crippen LogP contribution >= 0.6 is 0 Å². The number of aliphatic hydroxyl groups excluding tert-OH is 3. The van der Waals surface area contributed by atoms with E-state index in [0.29, 0.717) is 6.42 Å². The Labute approximate surface area is 122 Å². The van der Waals surface area contributed by atoms with Gasteiger partial charge in [-0.15, -0.1) is 0 Å². The number of hydrogen-bond donors (Lipinski definition) is 5. The van der Waals surface area contributed by atoms with Crippen LogP contribution in [-0.2, 0) is 15.9 Å². The van der Waals surface area contributed by atoms with Gasteiger partial charge in [-0.05, 0) is 24.1 Å². The van der Waals surface area contributed by atoms with Crippen molar-refractivity contribution in [2.45, 2.75) is 37.4 Å². The van der Waals surface area contributed by atoms with Crippen LogP contribution in [0.4, 0.5) is 0 Å². The molecule has 0 spiro atoms. The van der Waals surface area contributed by atoms with E-state index in [9.17, 15) is 20.4 Å². The number of ether oxygens (including phenoxy) is 2. The van der Waals surface area contributed by atoms with Gasteiger partial charge in [0.1, 0.15) is 6.10 Å². The quantitative estimate of drug-likeness (QED) is 0.464. The fourth-order valence-electron chi connectivity index (χ4n) is 2.19. The van der Waals surface area contributed by atoms with E-state index in [2.05, 4.69) is 0 Å². The Hall–Kier alpha value is -1.38. The maximum Gasteiger partial charge on any atom is 0.186 e. The topological polar surface area (TPSA) is 120 Å². The molecule has 21 heavy (non-hydrogen) atoms. The highest BCUT2D eigenvalue weighted by atomic mass is 16.7. The van der Waals surface area contributed by atoms with Crippen LogP contribution in [-0.4, -0.2) is 63.3 Å². The second-order valence-corrected chi connectivity index (χ2v) is 5.05. The van der Waals surface area contributed by atoms with Crippen molar-refractivity contribution in [1.29, 1.82) is 0 Å². The zero-order chi connectivity index (χ0) is 15.4. The van der Waals surface area contributed by atoms with Gasteiger partial charge in [-0.3, -0.25) is 0 Å². The van der Waals surface area contributed by atoms with Gasteiger partial charge in [0.25, 0.3) is 0 Å². The molecule has 1 aliphatic heterocycles. The van der Waals surface area contributed by atoms with Gasteiger partial charge in [0.2, 0.25) is 0 Å². The number of phenolic OH excluding ortho intramolecular Hbond substituents is 2. The molecule has 118 valence electrons. The lowest BCUT2D eigenvalue weighted by Crippen LogP contribution is -2.50. The number of hydrogen-bond acceptors (Lipinski definition) is 7. The summed E-state index contributed by atoms with van der Waals surface area (Å²) in [5.41, 5.74) is 0.745. The Bertz CT molecular complexity index is 465. The molecule has 7 heteroatoms. The summed E-state index contributed by atoms with van der Waals surface area (Å²) in [4.78, 5) is 0. The van der Waals surface area contributed by atoms with Crippen LogP contribution in [0.3, 0.4) is 0 Å². The van der Waals surface area contributed by atoms with Crippen LogP contribution in [0.15, 0.2) is 18.2 Å². The van der Waals surface area contributed by atoms with Crippen molar-refractivity contribution in [2.75, 3.05) is 13.2 Å². The molecule has 0 aromatic heterocycles. The molecule has 0 bridgehead atoms. The highest BCUT2D eigenvalue weighted by molar-refractivity contribution is 5.40. The SMILES string of the molecule is OC[C@@H]1C[C@H](O)[C@@H](O)[C@H](OCCc2ccc(O)c(O)c2)O1. The summed E-state index contributed by atoms with van der Waals surface area (Å²) in [6, 6.07) is 4.44. The zero-order valence-electron chi connectivity index (χ0n) is 11.4. The third-order valence-electron chi connectivity index (χ3n) is 3.42. The monoisotopic (exact) mass is 300 g/mol. The lowest BCUT2D eigenvalue weighted by molar-refractivity contribution is -0.270. The average molecular weight is 300 g/mol. The average Bonchev–Trinajstić information content (AvgIpc) is 2.47. The van der Waals surface area contributed by atoms with Crippen molar-refractivity contribution in [3.8, 4) is 11.5 Å². The predicted molar refractivity (Wildman–Crippen MR) is 71.8 cm³/mol. The molecule has 0 amide bonds. The first-order valence-electron chi connectivity index (χ1n) is 6.76. The minimum absolute atomic E-state index is 0.156. The second-order valence-electron chi connectivity index (χ2n) is 5.05. The standard InChI is InChI=1S/C14H20O7/c15-7-9-6-12(18)13(19)14(21-9)20-4-3-8-1-2-10(16)11(17)5-8/h1-2,5,9,12-19H,3-4,6-7H2/t9-,12-,13+,14+/m0/s1. The molecule has 1 fully saturated rings. The lowest BCUT2D eigenvalue weighted by atomic mass is 10.0. The summed E-state index contributed by atoms with van der Waals surface area (Å²) in [5.74, 6) is -0.406. The van der Waals surface area contributed by atoms with Crippen molar-refractivity contribution in [1.82, 2.24) is 0 Å². The third kappa shape index (κ3) is 4.05. The summed E-state index contributed by atoms with van der Waals surface area (Å²) < 4.78 is 10.7. The van der Waals surface area contributed by atoms with E-state index < -0.39 is 24.6 Å². The smallest absolute Gasteiger partial charge is 0.186 e. The predicted octanol–water partition coefficient (Wildman–Crippen LogP) is -0.514. The first-order chi connectivity index (χ1) is 10.0. The molecule has 1 aliphatic rings. The molecule has 1 aromatic rings. The van der Waals surface area contributed by atoms with Crippen molar-refractivity contribution in [3.05, 3.63) is 23.8 Å². The number of aliphatic hydroxyl groups is 3. The van der Waals surface area contributed by atoms with E-state index in [1.54, 1.807) is 6.07 Å². The summed E-state index contributed by atoms with van der Waals surface area (Å²) in [7, 11) is 0. The zero-order valence-corrected chi connectivity index (χ0v) is 11.4. The maximum atomic E-state index is 9.77. The van der Waals surface area contributed by atoms with E-state index >= 15 is 0 Å².